The predicted octanol–water partition coefficient (Wildman–Crippen LogP) is 2.41. The smallest absolute Gasteiger partial charge is 0.253 e. The first-order valence-corrected chi connectivity index (χ1v) is 10.3. The van der Waals surface area contributed by atoms with Crippen LogP contribution >= 0.6 is 11.8 Å². The Bertz CT molecular complexity index is 829. The zero-order chi connectivity index (χ0) is 18.6. The number of anilines is 1. The van der Waals surface area contributed by atoms with Crippen molar-refractivity contribution in [3.63, 3.8) is 0 Å². The van der Waals surface area contributed by atoms with Crippen LogP contribution in [0, 0.1) is 0 Å². The maximum Gasteiger partial charge on any atom is 0.253 e. The van der Waals surface area contributed by atoms with E-state index in [0.717, 1.165) is 25.7 Å². The molecule has 1 aromatic carbocycles. The highest BCUT2D eigenvalue weighted by atomic mass is 32.2. The normalized spacial score (nSPS) is 17.0. The van der Waals surface area contributed by atoms with Crippen LogP contribution < -0.4 is 10.6 Å². The Hall–Kier alpha value is -2.42. The van der Waals surface area contributed by atoms with Gasteiger partial charge in [0.2, 0.25) is 11.1 Å². The quantitative estimate of drug-likeness (QED) is 0.709. The molecule has 0 atom stereocenters. The number of hydrogen-bond acceptors (Lipinski definition) is 6. The van der Waals surface area contributed by atoms with Crippen molar-refractivity contribution < 1.29 is 9.59 Å². The van der Waals surface area contributed by atoms with Crippen LogP contribution in [0.5, 0.6) is 0 Å². The van der Waals surface area contributed by atoms with Crippen LogP contribution in [0.4, 0.5) is 5.69 Å². The van der Waals surface area contributed by atoms with Crippen molar-refractivity contribution in [2.75, 3.05) is 11.1 Å². The van der Waals surface area contributed by atoms with Gasteiger partial charge in [-0.15, -0.1) is 5.10 Å². The van der Waals surface area contributed by atoms with Gasteiger partial charge in [0.15, 0.2) is 0 Å². The van der Waals surface area contributed by atoms with E-state index >= 15 is 0 Å². The van der Waals surface area contributed by atoms with Crippen LogP contribution in [0.15, 0.2) is 29.4 Å². The van der Waals surface area contributed by atoms with Gasteiger partial charge in [-0.1, -0.05) is 36.7 Å². The second-order valence-electron chi connectivity index (χ2n) is 6.97. The Morgan fingerprint density at radius 3 is 2.70 bits per heavy atom. The largest absolute Gasteiger partial charge is 0.349 e. The highest BCUT2D eigenvalue weighted by Gasteiger charge is 2.25. The van der Waals surface area contributed by atoms with Crippen molar-refractivity contribution in [1.29, 1.82) is 0 Å². The summed E-state index contributed by atoms with van der Waals surface area (Å²) in [5.74, 6) is -0.148. The first-order valence-electron chi connectivity index (χ1n) is 9.31. The third kappa shape index (κ3) is 4.47. The first kappa shape index (κ1) is 18.0. The summed E-state index contributed by atoms with van der Waals surface area (Å²) in [4.78, 5) is 24.7. The minimum Gasteiger partial charge on any atom is -0.349 e. The van der Waals surface area contributed by atoms with E-state index in [1.54, 1.807) is 24.3 Å². The molecule has 4 rings (SSSR count). The fourth-order valence-electron chi connectivity index (χ4n) is 3.26. The molecule has 2 aliphatic carbocycles. The molecule has 2 fully saturated rings. The molecule has 27 heavy (non-hydrogen) atoms. The zero-order valence-corrected chi connectivity index (χ0v) is 15.7. The van der Waals surface area contributed by atoms with E-state index < -0.39 is 0 Å². The van der Waals surface area contributed by atoms with E-state index in [-0.39, 0.29) is 23.6 Å². The predicted molar refractivity (Wildman–Crippen MR) is 102 cm³/mol. The summed E-state index contributed by atoms with van der Waals surface area (Å²) in [5.41, 5.74) is 1.01. The van der Waals surface area contributed by atoms with Crippen molar-refractivity contribution in [2.24, 2.45) is 0 Å². The molecule has 8 nitrogen and oxygen atoms in total. The third-order valence-electron chi connectivity index (χ3n) is 4.82. The zero-order valence-electron chi connectivity index (χ0n) is 14.9. The molecule has 0 spiro atoms. The number of thioether (sulfide) groups is 1. The number of aromatic nitrogens is 4. The molecule has 2 saturated carbocycles. The van der Waals surface area contributed by atoms with Gasteiger partial charge in [-0.3, -0.25) is 9.59 Å². The monoisotopic (exact) mass is 386 g/mol. The topological polar surface area (TPSA) is 102 Å². The molecule has 9 heteroatoms. The summed E-state index contributed by atoms with van der Waals surface area (Å²) < 4.78 is 1.84. The summed E-state index contributed by atoms with van der Waals surface area (Å²) in [6.45, 7) is 0. The molecule has 2 amide bonds. The summed E-state index contributed by atoms with van der Waals surface area (Å²) in [6.07, 6.45) is 6.57. The van der Waals surface area contributed by atoms with Crippen LogP contribution in [-0.2, 0) is 4.79 Å². The second kappa shape index (κ2) is 8.08. The van der Waals surface area contributed by atoms with Gasteiger partial charge >= 0.3 is 0 Å². The van der Waals surface area contributed by atoms with Gasteiger partial charge in [0.25, 0.3) is 5.91 Å². The van der Waals surface area contributed by atoms with Gasteiger partial charge in [-0.05, 0) is 48.2 Å². The molecule has 0 saturated heterocycles. The fourth-order valence-corrected chi connectivity index (χ4v) is 4.00. The van der Waals surface area contributed by atoms with E-state index in [4.69, 9.17) is 0 Å². The SMILES string of the molecule is O=C(CSc1nnnn1C1CCCC1)Nc1ccccc1C(=O)NC1CC1. The molecule has 2 N–H and O–H groups in total. The summed E-state index contributed by atoms with van der Waals surface area (Å²) in [5, 5.41) is 18.3. The molecule has 142 valence electrons. The van der Waals surface area contributed by atoms with Gasteiger partial charge in [0.05, 0.1) is 23.0 Å². The maximum atomic E-state index is 12.4. The average Bonchev–Trinajstić information content (AvgIpc) is 3.12. The Labute approximate surface area is 161 Å². The standard InChI is InChI=1S/C18H22N6O2S/c25-16(11-27-18-21-22-23-24(18)13-5-1-2-6-13)20-15-8-4-3-7-14(15)17(26)19-12-9-10-12/h3-4,7-8,12-13H,1-2,5-6,9-11H2,(H,19,26)(H,20,25). The minimum absolute atomic E-state index is 0.147. The van der Waals surface area contributed by atoms with Crippen LogP contribution in [0.3, 0.4) is 0 Å². The lowest BCUT2D eigenvalue weighted by Crippen LogP contribution is -2.27. The van der Waals surface area contributed by atoms with Crippen molar-refractivity contribution in [1.82, 2.24) is 25.5 Å². The van der Waals surface area contributed by atoms with E-state index in [0.29, 0.717) is 22.4 Å². The molecular weight excluding hydrogens is 364 g/mol. The number of hydrogen-bond donors (Lipinski definition) is 2. The molecule has 2 aromatic rings. The lowest BCUT2D eigenvalue weighted by molar-refractivity contribution is -0.113. The molecule has 0 aliphatic heterocycles. The molecule has 0 radical (unpaired) electrons. The number of nitrogens with zero attached hydrogens (tertiary/aromatic N) is 4. The van der Waals surface area contributed by atoms with E-state index in [1.165, 1.54) is 24.6 Å². The second-order valence-corrected chi connectivity index (χ2v) is 7.92. The number of carbonyl (C=O) groups excluding carboxylic acids is 2. The van der Waals surface area contributed by atoms with E-state index in [1.807, 2.05) is 4.68 Å². The Morgan fingerprint density at radius 2 is 1.93 bits per heavy atom. The van der Waals surface area contributed by atoms with Crippen molar-refractivity contribution in [3.8, 4) is 0 Å². The Morgan fingerprint density at radius 1 is 1.15 bits per heavy atom. The van der Waals surface area contributed by atoms with Crippen molar-refractivity contribution in [3.05, 3.63) is 29.8 Å². The summed E-state index contributed by atoms with van der Waals surface area (Å²) in [6, 6.07) is 7.66. The van der Waals surface area contributed by atoms with Gasteiger partial charge < -0.3 is 10.6 Å². The minimum atomic E-state index is -0.187. The fraction of sp³-hybridized carbons (Fsp3) is 0.500. The third-order valence-corrected chi connectivity index (χ3v) is 5.76. The molecule has 0 unspecified atom stereocenters. The molecule has 2 aliphatic rings. The summed E-state index contributed by atoms with van der Waals surface area (Å²) in [7, 11) is 0. The first-order chi connectivity index (χ1) is 13.2. The van der Waals surface area contributed by atoms with Gasteiger partial charge in [0.1, 0.15) is 0 Å². The number of para-hydroxylation sites is 1. The van der Waals surface area contributed by atoms with Crippen LogP contribution in [0.2, 0.25) is 0 Å². The lowest BCUT2D eigenvalue weighted by Gasteiger charge is -2.12. The van der Waals surface area contributed by atoms with Gasteiger partial charge in [0, 0.05) is 6.04 Å². The Balaban J connectivity index is 1.36. The van der Waals surface area contributed by atoms with E-state index in [9.17, 15) is 9.59 Å². The van der Waals surface area contributed by atoms with Crippen LogP contribution in [0.25, 0.3) is 0 Å². The molecule has 0 bridgehead atoms. The highest BCUT2D eigenvalue weighted by Crippen LogP contribution is 2.31. The van der Waals surface area contributed by atoms with E-state index in [2.05, 4.69) is 26.2 Å². The van der Waals surface area contributed by atoms with Crippen LogP contribution in [0.1, 0.15) is 54.9 Å². The number of tetrazole rings is 1. The lowest BCUT2D eigenvalue weighted by atomic mass is 10.1. The number of amides is 2. The highest BCUT2D eigenvalue weighted by molar-refractivity contribution is 7.99. The number of nitrogens with one attached hydrogen (secondary N) is 2. The summed E-state index contributed by atoms with van der Waals surface area (Å²) >= 11 is 1.32. The molecule has 1 aromatic heterocycles. The number of carbonyl (C=O) groups is 2. The molecule has 1 heterocycles. The van der Waals surface area contributed by atoms with Gasteiger partial charge in [-0.25, -0.2) is 4.68 Å². The van der Waals surface area contributed by atoms with Crippen molar-refractivity contribution in [2.45, 2.75) is 55.8 Å². The van der Waals surface area contributed by atoms with Crippen molar-refractivity contribution >= 4 is 29.3 Å². The average molecular weight is 386 g/mol. The Kier molecular flexibility index (Phi) is 5.38. The number of rotatable bonds is 7. The van der Waals surface area contributed by atoms with Crippen LogP contribution in [-0.4, -0.2) is 43.8 Å². The molecular formula is C18H22N6O2S. The maximum absolute atomic E-state index is 12.4. The van der Waals surface area contributed by atoms with Gasteiger partial charge in [-0.2, -0.15) is 0 Å². The number of benzene rings is 1.